The molecule has 0 spiro atoms. The Balaban J connectivity index is 1.83. The molecule has 0 saturated carbocycles. The van der Waals surface area contributed by atoms with Crippen LogP contribution in [0.25, 0.3) is 28.3 Å². The summed E-state index contributed by atoms with van der Waals surface area (Å²) in [7, 11) is -2.89. The quantitative estimate of drug-likeness (QED) is 0.299. The molecular formula is C20H15F8N7O3S. The Hall–Kier alpha value is -3.90. The second kappa shape index (κ2) is 9.38. The molecule has 39 heavy (non-hydrogen) atoms. The van der Waals surface area contributed by atoms with Crippen LogP contribution in [0.3, 0.4) is 0 Å². The summed E-state index contributed by atoms with van der Waals surface area (Å²) in [5, 5.41) is 6.91. The second-order valence-corrected chi connectivity index (χ2v) is 10.1. The SMILES string of the molecule is CCS(=O)(=O)c1nn2c(-c3cc(C(F)(F)F)nn3C)ccnc2c1-c1cnc(OCC(F)(F)C(F)(F)F)cn1. The molecule has 0 atom stereocenters. The molecule has 0 saturated heterocycles. The minimum atomic E-state index is -5.86. The van der Waals surface area contributed by atoms with E-state index in [-0.39, 0.29) is 28.3 Å². The summed E-state index contributed by atoms with van der Waals surface area (Å²) >= 11 is 0. The van der Waals surface area contributed by atoms with Crippen LogP contribution in [-0.4, -0.2) is 67.2 Å². The molecule has 4 aromatic heterocycles. The summed E-state index contributed by atoms with van der Waals surface area (Å²) in [6, 6.07) is 2.00. The van der Waals surface area contributed by atoms with E-state index in [0.717, 1.165) is 21.5 Å². The third kappa shape index (κ3) is 5.21. The Morgan fingerprint density at radius 1 is 0.949 bits per heavy atom. The number of halogens is 8. The number of fused-ring (bicyclic) bond motifs is 1. The lowest BCUT2D eigenvalue weighted by Crippen LogP contribution is -2.41. The Kier molecular flexibility index (Phi) is 6.76. The molecule has 0 fully saturated rings. The molecule has 0 radical (unpaired) electrons. The minimum absolute atomic E-state index is 0.0217. The summed E-state index contributed by atoms with van der Waals surface area (Å²) in [6.07, 6.45) is -7.93. The van der Waals surface area contributed by atoms with Crippen molar-refractivity contribution in [3.63, 3.8) is 0 Å². The number of rotatable bonds is 7. The van der Waals surface area contributed by atoms with Gasteiger partial charge in [0.15, 0.2) is 32.8 Å². The highest BCUT2D eigenvalue weighted by atomic mass is 32.2. The monoisotopic (exact) mass is 585 g/mol. The fraction of sp³-hybridized carbons (Fsp3) is 0.350. The van der Waals surface area contributed by atoms with Crippen LogP contribution >= 0.6 is 0 Å². The van der Waals surface area contributed by atoms with E-state index in [1.807, 2.05) is 0 Å². The zero-order valence-electron chi connectivity index (χ0n) is 19.6. The van der Waals surface area contributed by atoms with Gasteiger partial charge in [-0.1, -0.05) is 6.92 Å². The van der Waals surface area contributed by atoms with Gasteiger partial charge in [-0.3, -0.25) is 4.68 Å². The molecule has 0 aromatic carbocycles. The Morgan fingerprint density at radius 2 is 1.64 bits per heavy atom. The van der Waals surface area contributed by atoms with E-state index in [1.165, 1.54) is 26.2 Å². The highest BCUT2D eigenvalue weighted by Gasteiger charge is 2.58. The number of aromatic nitrogens is 7. The topological polar surface area (TPSA) is 117 Å². The lowest BCUT2D eigenvalue weighted by atomic mass is 10.2. The number of hydrogen-bond acceptors (Lipinski definition) is 8. The number of sulfone groups is 1. The van der Waals surface area contributed by atoms with Gasteiger partial charge in [0.2, 0.25) is 5.88 Å². The van der Waals surface area contributed by atoms with Gasteiger partial charge < -0.3 is 4.74 Å². The van der Waals surface area contributed by atoms with Crippen molar-refractivity contribution in [2.45, 2.75) is 30.2 Å². The molecule has 19 heteroatoms. The fourth-order valence-corrected chi connectivity index (χ4v) is 4.30. The van der Waals surface area contributed by atoms with E-state index in [9.17, 15) is 43.5 Å². The van der Waals surface area contributed by atoms with Crippen LogP contribution in [0.1, 0.15) is 12.6 Å². The first kappa shape index (κ1) is 28.1. The number of nitrogens with zero attached hydrogens (tertiary/aromatic N) is 7. The average molecular weight is 585 g/mol. The van der Waals surface area contributed by atoms with Crippen LogP contribution in [-0.2, 0) is 23.1 Å². The molecule has 0 N–H and O–H groups in total. The van der Waals surface area contributed by atoms with Gasteiger partial charge in [-0.25, -0.2) is 27.9 Å². The maximum atomic E-state index is 13.2. The molecule has 0 bridgehead atoms. The van der Waals surface area contributed by atoms with Gasteiger partial charge in [-0.05, 0) is 12.1 Å². The van der Waals surface area contributed by atoms with E-state index in [2.05, 4.69) is 29.9 Å². The normalized spacial score (nSPS) is 13.3. The average Bonchev–Trinajstić information content (AvgIpc) is 3.44. The summed E-state index contributed by atoms with van der Waals surface area (Å²) in [4.78, 5) is 11.6. The molecule has 210 valence electrons. The number of aryl methyl sites for hydroxylation is 1. The van der Waals surface area contributed by atoms with Crippen LogP contribution in [0.5, 0.6) is 5.88 Å². The zero-order chi connectivity index (χ0) is 29.0. The first-order valence-corrected chi connectivity index (χ1v) is 12.2. The van der Waals surface area contributed by atoms with Crippen molar-refractivity contribution in [2.24, 2.45) is 7.05 Å². The van der Waals surface area contributed by atoms with Gasteiger partial charge in [0.05, 0.1) is 40.8 Å². The van der Waals surface area contributed by atoms with Gasteiger partial charge >= 0.3 is 18.3 Å². The summed E-state index contributed by atoms with van der Waals surface area (Å²) < 4.78 is 135. The Labute approximate surface area is 213 Å². The minimum Gasteiger partial charge on any atom is -0.470 e. The molecule has 4 aromatic rings. The number of alkyl halides is 8. The van der Waals surface area contributed by atoms with Gasteiger partial charge in [0.1, 0.15) is 0 Å². The first-order valence-electron chi connectivity index (χ1n) is 10.6. The van der Waals surface area contributed by atoms with Crippen LogP contribution in [0.2, 0.25) is 0 Å². The fourth-order valence-electron chi connectivity index (χ4n) is 3.31. The van der Waals surface area contributed by atoms with Crippen LogP contribution < -0.4 is 4.74 Å². The molecule has 0 unspecified atom stereocenters. The lowest BCUT2D eigenvalue weighted by Gasteiger charge is -2.19. The van der Waals surface area contributed by atoms with Gasteiger partial charge in [-0.15, -0.1) is 0 Å². The summed E-state index contributed by atoms with van der Waals surface area (Å²) in [6.45, 7) is -0.774. The lowest BCUT2D eigenvalue weighted by molar-refractivity contribution is -0.290. The van der Waals surface area contributed by atoms with Crippen molar-refractivity contribution in [1.82, 2.24) is 34.3 Å². The molecular weight excluding hydrogens is 570 g/mol. The van der Waals surface area contributed by atoms with E-state index in [0.29, 0.717) is 6.20 Å². The standard InChI is InChI=1S/C20H15F8N7O3S/c1-3-39(36,37)17-15(10-7-31-14(8-30-10)38-9-18(21,22)20(26,27)28)16-29-5-4-11(35(16)33-17)12-6-13(19(23,24)25)32-34(12)2/h4-8H,3,9H2,1-2H3. The third-order valence-corrected chi connectivity index (χ3v) is 6.93. The van der Waals surface area contributed by atoms with Crippen molar-refractivity contribution in [3.05, 3.63) is 36.4 Å². The molecule has 0 amide bonds. The maximum Gasteiger partial charge on any atom is 0.456 e. The van der Waals surface area contributed by atoms with Crippen molar-refractivity contribution in [3.8, 4) is 28.5 Å². The van der Waals surface area contributed by atoms with Crippen molar-refractivity contribution < 1.29 is 48.3 Å². The Morgan fingerprint density at radius 3 is 2.18 bits per heavy atom. The highest BCUT2D eigenvalue weighted by molar-refractivity contribution is 7.91. The van der Waals surface area contributed by atoms with Gasteiger partial charge in [-0.2, -0.15) is 45.3 Å². The third-order valence-electron chi connectivity index (χ3n) is 5.29. The van der Waals surface area contributed by atoms with Crippen LogP contribution in [0, 0.1) is 0 Å². The van der Waals surface area contributed by atoms with Crippen LogP contribution in [0.15, 0.2) is 35.7 Å². The first-order chi connectivity index (χ1) is 18.0. The molecule has 0 aliphatic rings. The second-order valence-electron chi connectivity index (χ2n) is 7.92. The van der Waals surface area contributed by atoms with E-state index < -0.39 is 57.1 Å². The molecule has 0 aliphatic heterocycles. The van der Waals surface area contributed by atoms with E-state index in [1.54, 1.807) is 0 Å². The largest absolute Gasteiger partial charge is 0.470 e. The van der Waals surface area contributed by atoms with E-state index >= 15 is 0 Å². The van der Waals surface area contributed by atoms with Crippen molar-refractivity contribution in [2.75, 3.05) is 12.4 Å². The summed E-state index contributed by atoms with van der Waals surface area (Å²) in [5.41, 5.74) is -1.98. The van der Waals surface area contributed by atoms with Crippen molar-refractivity contribution >= 4 is 15.5 Å². The predicted octanol–water partition coefficient (Wildman–Crippen LogP) is 3.98. The molecule has 0 aliphatic carbocycles. The number of hydrogen-bond donors (Lipinski definition) is 0. The van der Waals surface area contributed by atoms with Gasteiger partial charge in [0.25, 0.3) is 0 Å². The number of ether oxygens (including phenoxy) is 1. The highest BCUT2D eigenvalue weighted by Crippen LogP contribution is 2.37. The Bertz CT molecular complexity index is 1630. The maximum absolute atomic E-state index is 13.2. The van der Waals surface area contributed by atoms with Crippen LogP contribution in [0.4, 0.5) is 35.1 Å². The van der Waals surface area contributed by atoms with Crippen molar-refractivity contribution in [1.29, 1.82) is 0 Å². The molecule has 10 nitrogen and oxygen atoms in total. The van der Waals surface area contributed by atoms with Gasteiger partial charge in [0, 0.05) is 13.2 Å². The molecule has 4 rings (SSSR count). The molecule has 4 heterocycles. The zero-order valence-corrected chi connectivity index (χ0v) is 20.4. The van der Waals surface area contributed by atoms with E-state index in [4.69, 9.17) is 0 Å². The smallest absolute Gasteiger partial charge is 0.456 e. The summed E-state index contributed by atoms with van der Waals surface area (Å²) in [5.74, 6) is -6.34. The predicted molar refractivity (Wildman–Crippen MR) is 115 cm³/mol.